The molecule has 10 heteroatoms. The summed E-state index contributed by atoms with van der Waals surface area (Å²) < 4.78 is 31.2. The van der Waals surface area contributed by atoms with Crippen molar-refractivity contribution in [3.05, 3.63) is 59.1 Å². The number of hydrogen-bond donors (Lipinski definition) is 1. The number of likely N-dealkylation sites (N-methyl/N-ethyl adjacent to an activating group) is 1. The second kappa shape index (κ2) is 11.9. The summed E-state index contributed by atoms with van der Waals surface area (Å²) in [6, 6.07) is 13.1. The molecule has 0 spiro atoms. The van der Waals surface area contributed by atoms with E-state index in [4.69, 9.17) is 16.3 Å². The lowest BCUT2D eigenvalue weighted by molar-refractivity contribution is -0.140. The first-order valence-corrected chi connectivity index (χ1v) is 12.7. The van der Waals surface area contributed by atoms with Gasteiger partial charge >= 0.3 is 0 Å². The molecule has 1 unspecified atom stereocenters. The minimum Gasteiger partial charge on any atom is -0.497 e. The molecule has 0 aliphatic rings. The zero-order chi connectivity index (χ0) is 24.6. The molecule has 2 rings (SSSR count). The molecule has 0 heterocycles. The quantitative estimate of drug-likeness (QED) is 0.517. The number of methoxy groups -OCH3 is 1. The van der Waals surface area contributed by atoms with Gasteiger partial charge in [0.15, 0.2) is 0 Å². The van der Waals surface area contributed by atoms with Crippen LogP contribution in [0, 0.1) is 0 Å². The number of nitrogens with one attached hydrogen (secondary N) is 1. The van der Waals surface area contributed by atoms with Crippen LogP contribution in [0.25, 0.3) is 0 Å². The normalized spacial score (nSPS) is 12.0. The Kier molecular flexibility index (Phi) is 9.55. The van der Waals surface area contributed by atoms with E-state index in [-0.39, 0.29) is 37.7 Å². The van der Waals surface area contributed by atoms with Crippen LogP contribution in [0.5, 0.6) is 5.75 Å². The average molecular weight is 496 g/mol. The minimum absolute atomic E-state index is 0.0673. The topological polar surface area (TPSA) is 96.0 Å². The van der Waals surface area contributed by atoms with Crippen LogP contribution in [-0.2, 0) is 26.2 Å². The summed E-state index contributed by atoms with van der Waals surface area (Å²) in [6.07, 6.45) is 1.46. The Morgan fingerprint density at radius 3 is 2.45 bits per heavy atom. The second-order valence-electron chi connectivity index (χ2n) is 7.58. The van der Waals surface area contributed by atoms with E-state index in [0.29, 0.717) is 16.5 Å². The zero-order valence-corrected chi connectivity index (χ0v) is 20.8. The van der Waals surface area contributed by atoms with Gasteiger partial charge in [0.25, 0.3) is 0 Å². The number of carbonyl (C=O) groups excluding carboxylic acids is 2. The van der Waals surface area contributed by atoms with Gasteiger partial charge in [0.05, 0.1) is 19.1 Å². The fraction of sp³-hybridized carbons (Fsp3) is 0.391. The van der Waals surface area contributed by atoms with Crippen molar-refractivity contribution in [1.29, 1.82) is 0 Å². The van der Waals surface area contributed by atoms with Crippen LogP contribution >= 0.6 is 11.6 Å². The molecule has 0 bridgehead atoms. The molecule has 33 heavy (non-hydrogen) atoms. The van der Waals surface area contributed by atoms with Crippen LogP contribution in [0.1, 0.15) is 25.3 Å². The van der Waals surface area contributed by atoms with Crippen molar-refractivity contribution >= 4 is 39.1 Å². The van der Waals surface area contributed by atoms with Crippen LogP contribution in [0.2, 0.25) is 5.02 Å². The van der Waals surface area contributed by atoms with E-state index in [1.165, 1.54) is 23.4 Å². The summed E-state index contributed by atoms with van der Waals surface area (Å²) in [4.78, 5) is 26.8. The molecular formula is C23H30ClN3O5S. The first-order valence-electron chi connectivity index (χ1n) is 10.4. The van der Waals surface area contributed by atoms with E-state index in [1.807, 2.05) is 6.07 Å². The zero-order valence-electron chi connectivity index (χ0n) is 19.2. The Morgan fingerprint density at radius 1 is 1.15 bits per heavy atom. The number of ether oxygens (including phenoxy) is 1. The molecule has 1 atom stereocenters. The Balaban J connectivity index is 2.15. The molecule has 2 amide bonds. The van der Waals surface area contributed by atoms with Crippen LogP contribution in [0.3, 0.4) is 0 Å². The predicted octanol–water partition coefficient (Wildman–Crippen LogP) is 3.06. The maximum Gasteiger partial charge on any atom is 0.242 e. The van der Waals surface area contributed by atoms with E-state index in [0.717, 1.165) is 11.8 Å². The lowest BCUT2D eigenvalue weighted by Gasteiger charge is -2.29. The number of rotatable bonds is 11. The van der Waals surface area contributed by atoms with Crippen LogP contribution in [-0.4, -0.2) is 58.1 Å². The monoisotopic (exact) mass is 495 g/mol. The third-order valence-electron chi connectivity index (χ3n) is 5.15. The molecule has 180 valence electrons. The molecule has 0 saturated heterocycles. The number of nitrogens with zero attached hydrogens (tertiary/aromatic N) is 2. The van der Waals surface area contributed by atoms with Crippen molar-refractivity contribution in [1.82, 2.24) is 10.2 Å². The van der Waals surface area contributed by atoms with E-state index >= 15 is 0 Å². The smallest absolute Gasteiger partial charge is 0.242 e. The van der Waals surface area contributed by atoms with Gasteiger partial charge in [-0.2, -0.15) is 0 Å². The van der Waals surface area contributed by atoms with Crippen molar-refractivity contribution in [2.45, 2.75) is 32.4 Å². The standard InChI is InChI=1S/C23H30ClN3O5S/c1-17(23(29)25-2)26(16-18-8-5-9-19(24)14-18)22(28)12-7-13-27(33(4,30)31)20-10-6-11-21(15-20)32-3/h5-6,8-11,14-15,17H,7,12-13,16H2,1-4H3,(H,25,29). The Morgan fingerprint density at radius 2 is 1.85 bits per heavy atom. The van der Waals surface area contributed by atoms with Gasteiger partial charge < -0.3 is 15.0 Å². The molecule has 2 aromatic rings. The molecule has 1 N–H and O–H groups in total. The first kappa shape index (κ1) is 26.5. The van der Waals surface area contributed by atoms with Crippen LogP contribution in [0.15, 0.2) is 48.5 Å². The Labute approximate surface area is 200 Å². The van der Waals surface area contributed by atoms with Crippen LogP contribution < -0.4 is 14.4 Å². The Bertz CT molecular complexity index is 1080. The number of hydrogen-bond acceptors (Lipinski definition) is 5. The van der Waals surface area contributed by atoms with E-state index in [2.05, 4.69) is 5.32 Å². The van der Waals surface area contributed by atoms with Gasteiger partial charge in [-0.3, -0.25) is 13.9 Å². The molecule has 0 aliphatic heterocycles. The van der Waals surface area contributed by atoms with Crippen molar-refractivity contribution in [3.8, 4) is 5.75 Å². The highest BCUT2D eigenvalue weighted by atomic mass is 35.5. The molecule has 0 saturated carbocycles. The SMILES string of the molecule is CNC(=O)C(C)N(Cc1cccc(Cl)c1)C(=O)CCCN(c1cccc(OC)c1)S(C)(=O)=O. The fourth-order valence-electron chi connectivity index (χ4n) is 3.39. The summed E-state index contributed by atoms with van der Waals surface area (Å²) in [6.45, 7) is 1.97. The van der Waals surface area contributed by atoms with Gasteiger partial charge in [0, 0.05) is 37.6 Å². The first-order chi connectivity index (χ1) is 15.6. The maximum atomic E-state index is 13.1. The van der Waals surface area contributed by atoms with E-state index in [1.54, 1.807) is 49.4 Å². The van der Waals surface area contributed by atoms with Gasteiger partial charge in [0.2, 0.25) is 21.8 Å². The van der Waals surface area contributed by atoms with Crippen molar-refractivity contribution < 1.29 is 22.7 Å². The van der Waals surface area contributed by atoms with Gasteiger partial charge in [-0.25, -0.2) is 8.42 Å². The molecule has 0 aliphatic carbocycles. The van der Waals surface area contributed by atoms with E-state index < -0.39 is 16.1 Å². The number of halogens is 1. The van der Waals surface area contributed by atoms with Gasteiger partial charge in [-0.15, -0.1) is 0 Å². The molecule has 8 nitrogen and oxygen atoms in total. The summed E-state index contributed by atoms with van der Waals surface area (Å²) in [5, 5.41) is 3.10. The van der Waals surface area contributed by atoms with Crippen LogP contribution in [0.4, 0.5) is 5.69 Å². The highest BCUT2D eigenvalue weighted by molar-refractivity contribution is 7.92. The third kappa shape index (κ3) is 7.64. The van der Waals surface area contributed by atoms with Gasteiger partial charge in [0.1, 0.15) is 11.8 Å². The minimum atomic E-state index is -3.57. The van der Waals surface area contributed by atoms with Gasteiger partial charge in [-0.05, 0) is 43.2 Å². The summed E-state index contributed by atoms with van der Waals surface area (Å²) in [5.74, 6) is -0.0194. The number of carbonyl (C=O) groups is 2. The molecular weight excluding hydrogens is 466 g/mol. The number of sulfonamides is 1. The highest BCUT2D eigenvalue weighted by Gasteiger charge is 2.26. The van der Waals surface area contributed by atoms with Crippen molar-refractivity contribution in [2.75, 3.05) is 31.3 Å². The third-order valence-corrected chi connectivity index (χ3v) is 6.58. The predicted molar refractivity (Wildman–Crippen MR) is 130 cm³/mol. The molecule has 0 fully saturated rings. The molecule has 0 radical (unpaired) electrons. The maximum absolute atomic E-state index is 13.1. The number of anilines is 1. The Hall–Kier alpha value is -2.78. The number of benzene rings is 2. The van der Waals surface area contributed by atoms with Crippen molar-refractivity contribution in [3.63, 3.8) is 0 Å². The highest BCUT2D eigenvalue weighted by Crippen LogP contribution is 2.24. The summed E-state index contributed by atoms with van der Waals surface area (Å²) in [7, 11) is -0.557. The van der Waals surface area contributed by atoms with Gasteiger partial charge in [-0.1, -0.05) is 29.8 Å². The summed E-state index contributed by atoms with van der Waals surface area (Å²) >= 11 is 6.06. The lowest BCUT2D eigenvalue weighted by atomic mass is 10.1. The lowest BCUT2D eigenvalue weighted by Crippen LogP contribution is -2.46. The average Bonchev–Trinajstić information content (AvgIpc) is 2.78. The fourth-order valence-corrected chi connectivity index (χ4v) is 4.56. The second-order valence-corrected chi connectivity index (χ2v) is 9.93. The largest absolute Gasteiger partial charge is 0.497 e. The number of amides is 2. The van der Waals surface area contributed by atoms with Crippen molar-refractivity contribution in [2.24, 2.45) is 0 Å². The molecule has 0 aromatic heterocycles. The molecule has 2 aromatic carbocycles. The summed E-state index contributed by atoms with van der Waals surface area (Å²) in [5.41, 5.74) is 1.25. The van der Waals surface area contributed by atoms with E-state index in [9.17, 15) is 18.0 Å².